The van der Waals surface area contributed by atoms with Crippen LogP contribution in [0.3, 0.4) is 0 Å². The standard InChI is InChI=1S/C18H18O3/c1-2-21-18(20)13-12-17(19)16-10-8-15(9-11-16)14-6-4-3-5-7-14/h3-11H,2,12-13H2,1H3. The van der Waals surface area contributed by atoms with E-state index in [0.717, 1.165) is 11.1 Å². The van der Waals surface area contributed by atoms with E-state index < -0.39 is 0 Å². The summed E-state index contributed by atoms with van der Waals surface area (Å²) in [5.74, 6) is -0.366. The molecule has 2 aromatic carbocycles. The maximum Gasteiger partial charge on any atom is 0.306 e. The van der Waals surface area contributed by atoms with Crippen molar-refractivity contribution in [2.24, 2.45) is 0 Å². The SMILES string of the molecule is CCOC(=O)CCC(=O)c1ccc(-c2ccccc2)cc1. The van der Waals surface area contributed by atoms with Crippen molar-refractivity contribution >= 4 is 11.8 Å². The highest BCUT2D eigenvalue weighted by Crippen LogP contribution is 2.19. The molecule has 21 heavy (non-hydrogen) atoms. The molecule has 3 nitrogen and oxygen atoms in total. The summed E-state index contributed by atoms with van der Waals surface area (Å²) >= 11 is 0. The van der Waals surface area contributed by atoms with Gasteiger partial charge in [-0.3, -0.25) is 9.59 Å². The largest absolute Gasteiger partial charge is 0.466 e. The lowest BCUT2D eigenvalue weighted by molar-refractivity contribution is -0.143. The van der Waals surface area contributed by atoms with Crippen molar-refractivity contribution in [3.8, 4) is 11.1 Å². The fourth-order valence-corrected chi connectivity index (χ4v) is 2.07. The van der Waals surface area contributed by atoms with Crippen LogP contribution in [0.2, 0.25) is 0 Å². The molecule has 0 radical (unpaired) electrons. The molecule has 0 unspecified atom stereocenters. The fraction of sp³-hybridized carbons (Fsp3) is 0.222. The Labute approximate surface area is 124 Å². The van der Waals surface area contributed by atoms with Crippen LogP contribution in [0.25, 0.3) is 11.1 Å². The molecule has 0 atom stereocenters. The van der Waals surface area contributed by atoms with Gasteiger partial charge in [-0.1, -0.05) is 54.6 Å². The Hall–Kier alpha value is -2.42. The lowest BCUT2D eigenvalue weighted by Gasteiger charge is -2.04. The minimum Gasteiger partial charge on any atom is -0.466 e. The molecule has 0 amide bonds. The molecule has 108 valence electrons. The van der Waals surface area contributed by atoms with E-state index in [2.05, 4.69) is 0 Å². The maximum absolute atomic E-state index is 12.0. The van der Waals surface area contributed by atoms with Crippen molar-refractivity contribution in [3.63, 3.8) is 0 Å². The predicted octanol–water partition coefficient (Wildman–Crippen LogP) is 3.88. The van der Waals surface area contributed by atoms with E-state index in [1.807, 2.05) is 42.5 Å². The van der Waals surface area contributed by atoms with E-state index >= 15 is 0 Å². The van der Waals surface area contributed by atoms with E-state index in [9.17, 15) is 9.59 Å². The first kappa shape index (κ1) is 15.0. The molecule has 0 aliphatic heterocycles. The Bertz CT molecular complexity index is 600. The molecular weight excluding hydrogens is 264 g/mol. The highest BCUT2D eigenvalue weighted by Gasteiger charge is 2.10. The summed E-state index contributed by atoms with van der Waals surface area (Å²) in [6, 6.07) is 17.4. The lowest BCUT2D eigenvalue weighted by Crippen LogP contribution is -2.07. The number of Topliss-reactive ketones (excluding diaryl/α,β-unsaturated/α-hetero) is 1. The van der Waals surface area contributed by atoms with Gasteiger partial charge in [-0.2, -0.15) is 0 Å². The van der Waals surface area contributed by atoms with Gasteiger partial charge in [0.25, 0.3) is 0 Å². The average Bonchev–Trinajstić information content (AvgIpc) is 2.54. The third kappa shape index (κ3) is 4.28. The van der Waals surface area contributed by atoms with Crippen LogP contribution in [0.5, 0.6) is 0 Å². The summed E-state index contributed by atoms with van der Waals surface area (Å²) in [5, 5.41) is 0. The van der Waals surface area contributed by atoms with E-state index in [-0.39, 0.29) is 24.6 Å². The van der Waals surface area contributed by atoms with Crippen molar-refractivity contribution in [2.75, 3.05) is 6.61 Å². The molecule has 0 saturated heterocycles. The molecule has 2 rings (SSSR count). The Morgan fingerprint density at radius 3 is 2.10 bits per heavy atom. The third-order valence-electron chi connectivity index (χ3n) is 3.18. The van der Waals surface area contributed by atoms with Crippen molar-refractivity contribution in [3.05, 3.63) is 60.2 Å². The van der Waals surface area contributed by atoms with Crippen molar-refractivity contribution in [2.45, 2.75) is 19.8 Å². The van der Waals surface area contributed by atoms with Crippen LogP contribution in [0.1, 0.15) is 30.1 Å². The third-order valence-corrected chi connectivity index (χ3v) is 3.18. The van der Waals surface area contributed by atoms with Crippen LogP contribution in [-0.4, -0.2) is 18.4 Å². The summed E-state index contributed by atoms with van der Waals surface area (Å²) in [7, 11) is 0. The summed E-state index contributed by atoms with van der Waals surface area (Å²) in [5.41, 5.74) is 2.81. The van der Waals surface area contributed by atoms with Crippen LogP contribution < -0.4 is 0 Å². The molecular formula is C18H18O3. The maximum atomic E-state index is 12.0. The van der Waals surface area contributed by atoms with Crippen LogP contribution in [0, 0.1) is 0 Å². The first-order valence-corrected chi connectivity index (χ1v) is 7.05. The molecule has 0 bridgehead atoms. The normalized spacial score (nSPS) is 10.1. The van der Waals surface area contributed by atoms with Gasteiger partial charge in [0.1, 0.15) is 0 Å². The first-order valence-electron chi connectivity index (χ1n) is 7.05. The Morgan fingerprint density at radius 1 is 0.857 bits per heavy atom. The van der Waals surface area contributed by atoms with E-state index in [1.54, 1.807) is 19.1 Å². The molecule has 0 fully saturated rings. The number of hydrogen-bond donors (Lipinski definition) is 0. The van der Waals surface area contributed by atoms with Gasteiger partial charge in [-0.15, -0.1) is 0 Å². The van der Waals surface area contributed by atoms with Gasteiger partial charge in [0.2, 0.25) is 0 Å². The van der Waals surface area contributed by atoms with Gasteiger partial charge in [-0.25, -0.2) is 0 Å². The lowest BCUT2D eigenvalue weighted by atomic mass is 10.0. The zero-order valence-electron chi connectivity index (χ0n) is 12.0. The molecule has 0 N–H and O–H groups in total. The number of rotatable bonds is 6. The number of carbonyl (C=O) groups excluding carboxylic acids is 2. The van der Waals surface area contributed by atoms with Crippen molar-refractivity contribution in [1.29, 1.82) is 0 Å². The second-order valence-corrected chi connectivity index (χ2v) is 4.67. The minimum absolute atomic E-state index is 0.0392. The number of ketones is 1. The summed E-state index contributed by atoms with van der Waals surface area (Å²) in [6.45, 7) is 2.10. The first-order chi connectivity index (χ1) is 10.2. The van der Waals surface area contributed by atoms with Crippen LogP contribution in [-0.2, 0) is 9.53 Å². The summed E-state index contributed by atoms with van der Waals surface area (Å²) in [4.78, 5) is 23.2. The molecule has 0 saturated carbocycles. The second kappa shape index (κ2) is 7.39. The smallest absolute Gasteiger partial charge is 0.306 e. The number of benzene rings is 2. The minimum atomic E-state index is -0.327. The van der Waals surface area contributed by atoms with Gasteiger partial charge in [0.15, 0.2) is 5.78 Å². The average molecular weight is 282 g/mol. The molecule has 0 aliphatic carbocycles. The fourth-order valence-electron chi connectivity index (χ4n) is 2.07. The molecule has 0 spiro atoms. The molecule has 0 aliphatic rings. The van der Waals surface area contributed by atoms with Gasteiger partial charge in [-0.05, 0) is 18.1 Å². The number of esters is 1. The van der Waals surface area contributed by atoms with Gasteiger partial charge >= 0.3 is 5.97 Å². The number of hydrogen-bond acceptors (Lipinski definition) is 3. The van der Waals surface area contributed by atoms with Crippen molar-refractivity contribution < 1.29 is 14.3 Å². The highest BCUT2D eigenvalue weighted by atomic mass is 16.5. The highest BCUT2D eigenvalue weighted by molar-refractivity contribution is 5.97. The van der Waals surface area contributed by atoms with E-state index in [0.29, 0.717) is 12.2 Å². The topological polar surface area (TPSA) is 43.4 Å². The zero-order chi connectivity index (χ0) is 15.1. The van der Waals surface area contributed by atoms with E-state index in [1.165, 1.54) is 0 Å². The van der Waals surface area contributed by atoms with Crippen LogP contribution >= 0.6 is 0 Å². The second-order valence-electron chi connectivity index (χ2n) is 4.67. The molecule has 2 aromatic rings. The van der Waals surface area contributed by atoms with Gasteiger partial charge in [0, 0.05) is 12.0 Å². The number of carbonyl (C=O) groups is 2. The summed E-state index contributed by atoms with van der Waals surface area (Å²) < 4.78 is 4.81. The van der Waals surface area contributed by atoms with Gasteiger partial charge < -0.3 is 4.74 Å². The molecule has 3 heteroatoms. The zero-order valence-corrected chi connectivity index (χ0v) is 12.0. The predicted molar refractivity (Wildman–Crippen MR) is 82.1 cm³/mol. The van der Waals surface area contributed by atoms with Crippen LogP contribution in [0.4, 0.5) is 0 Å². The monoisotopic (exact) mass is 282 g/mol. The quantitative estimate of drug-likeness (QED) is 0.596. The Kier molecular flexibility index (Phi) is 5.27. The van der Waals surface area contributed by atoms with Gasteiger partial charge in [0.05, 0.1) is 13.0 Å². The van der Waals surface area contributed by atoms with Crippen LogP contribution in [0.15, 0.2) is 54.6 Å². The molecule has 0 aromatic heterocycles. The Balaban J connectivity index is 1.99. The summed E-state index contributed by atoms with van der Waals surface area (Å²) in [6.07, 6.45) is 0.316. The van der Waals surface area contributed by atoms with Crippen molar-refractivity contribution in [1.82, 2.24) is 0 Å². The Morgan fingerprint density at radius 2 is 1.48 bits per heavy atom. The number of ether oxygens (including phenoxy) is 1. The molecule has 0 heterocycles. The van der Waals surface area contributed by atoms with E-state index in [4.69, 9.17) is 4.74 Å².